The number of benzene rings is 1. The van der Waals surface area contributed by atoms with E-state index in [1.807, 2.05) is 26.8 Å². The van der Waals surface area contributed by atoms with E-state index in [-0.39, 0.29) is 11.9 Å². The van der Waals surface area contributed by atoms with Crippen LogP contribution >= 0.6 is 0 Å². The van der Waals surface area contributed by atoms with Gasteiger partial charge in [-0.2, -0.15) is 0 Å². The van der Waals surface area contributed by atoms with Crippen LogP contribution in [0.3, 0.4) is 0 Å². The fourth-order valence-electron chi connectivity index (χ4n) is 1.79. The summed E-state index contributed by atoms with van der Waals surface area (Å²) in [4.78, 5) is 0. The van der Waals surface area contributed by atoms with Crippen molar-refractivity contribution in [1.82, 2.24) is 0 Å². The molecule has 17 heavy (non-hydrogen) atoms. The fourth-order valence-corrected chi connectivity index (χ4v) is 1.79. The summed E-state index contributed by atoms with van der Waals surface area (Å²) in [6.45, 7) is 6.65. The summed E-state index contributed by atoms with van der Waals surface area (Å²) in [6, 6.07) is 5.01. The molecule has 0 saturated carbocycles. The van der Waals surface area contributed by atoms with Crippen LogP contribution in [-0.2, 0) is 9.47 Å². The Morgan fingerprint density at radius 2 is 1.94 bits per heavy atom. The summed E-state index contributed by atoms with van der Waals surface area (Å²) in [7, 11) is 0. The topological polar surface area (TPSA) is 30.5 Å². The molecule has 1 aromatic rings. The predicted octanol–water partition coefficient (Wildman–Crippen LogP) is 2.70. The molecule has 0 unspecified atom stereocenters. The van der Waals surface area contributed by atoms with Gasteiger partial charge in [-0.1, -0.05) is 12.1 Å². The average Bonchev–Trinajstić information content (AvgIpc) is 2.26. The number of anilines is 1. The van der Waals surface area contributed by atoms with Crippen molar-refractivity contribution < 1.29 is 13.9 Å². The summed E-state index contributed by atoms with van der Waals surface area (Å²) in [5, 5.41) is 3.13. The van der Waals surface area contributed by atoms with Gasteiger partial charge in [0.05, 0.1) is 24.9 Å². The van der Waals surface area contributed by atoms with Crippen molar-refractivity contribution in [3.8, 4) is 0 Å². The second-order valence-corrected chi connectivity index (χ2v) is 4.79. The van der Waals surface area contributed by atoms with Crippen molar-refractivity contribution in [2.45, 2.75) is 32.6 Å². The molecule has 0 amide bonds. The monoisotopic (exact) mass is 239 g/mol. The highest BCUT2D eigenvalue weighted by Gasteiger charge is 2.28. The van der Waals surface area contributed by atoms with Crippen LogP contribution < -0.4 is 5.32 Å². The summed E-state index contributed by atoms with van der Waals surface area (Å²) < 4.78 is 24.7. The van der Waals surface area contributed by atoms with E-state index in [9.17, 15) is 4.39 Å². The maximum atomic E-state index is 13.6. The summed E-state index contributed by atoms with van der Waals surface area (Å²) >= 11 is 0. The molecule has 0 atom stereocenters. The first-order valence-electron chi connectivity index (χ1n) is 5.77. The largest absolute Gasteiger partial charge is 0.375 e. The Balaban J connectivity index is 2.03. The Morgan fingerprint density at radius 3 is 2.53 bits per heavy atom. The molecule has 0 bridgehead atoms. The number of aryl methyl sites for hydroxylation is 1. The summed E-state index contributed by atoms with van der Waals surface area (Å²) in [5.41, 5.74) is 1.42. The average molecular weight is 239 g/mol. The highest BCUT2D eigenvalue weighted by molar-refractivity contribution is 5.52. The van der Waals surface area contributed by atoms with Gasteiger partial charge >= 0.3 is 0 Å². The second-order valence-electron chi connectivity index (χ2n) is 4.79. The third kappa shape index (κ3) is 2.96. The molecule has 1 aliphatic heterocycles. The molecule has 1 fully saturated rings. The van der Waals surface area contributed by atoms with Gasteiger partial charge in [-0.3, -0.25) is 0 Å². The van der Waals surface area contributed by atoms with Gasteiger partial charge in [0.25, 0.3) is 0 Å². The van der Waals surface area contributed by atoms with Crippen LogP contribution in [0.25, 0.3) is 0 Å². The lowest BCUT2D eigenvalue weighted by Crippen LogP contribution is -2.45. The molecule has 1 N–H and O–H groups in total. The first-order valence-corrected chi connectivity index (χ1v) is 5.77. The maximum absolute atomic E-state index is 13.6. The Morgan fingerprint density at radius 1 is 1.29 bits per heavy atom. The third-order valence-electron chi connectivity index (χ3n) is 2.83. The van der Waals surface area contributed by atoms with Gasteiger partial charge in [-0.05, 0) is 32.4 Å². The van der Waals surface area contributed by atoms with Gasteiger partial charge in [0, 0.05) is 0 Å². The van der Waals surface area contributed by atoms with Crippen LogP contribution in [0.5, 0.6) is 0 Å². The summed E-state index contributed by atoms with van der Waals surface area (Å²) in [6.07, 6.45) is 0. The van der Waals surface area contributed by atoms with E-state index < -0.39 is 5.79 Å². The molecule has 0 radical (unpaired) electrons. The lowest BCUT2D eigenvalue weighted by molar-refractivity contribution is -0.247. The lowest BCUT2D eigenvalue weighted by atomic mass is 10.1. The van der Waals surface area contributed by atoms with Crippen LogP contribution in [0, 0.1) is 12.7 Å². The molecular weight excluding hydrogens is 221 g/mol. The van der Waals surface area contributed by atoms with Crippen LogP contribution in [0.2, 0.25) is 0 Å². The van der Waals surface area contributed by atoms with Crippen molar-refractivity contribution in [3.05, 3.63) is 29.6 Å². The van der Waals surface area contributed by atoms with Crippen LogP contribution in [0.1, 0.15) is 19.4 Å². The summed E-state index contributed by atoms with van der Waals surface area (Å²) in [5.74, 6) is -0.780. The van der Waals surface area contributed by atoms with Crippen molar-refractivity contribution in [2.75, 3.05) is 18.5 Å². The van der Waals surface area contributed by atoms with Crippen molar-refractivity contribution >= 4 is 5.69 Å². The van der Waals surface area contributed by atoms with Crippen molar-refractivity contribution in [3.63, 3.8) is 0 Å². The Kier molecular flexibility index (Phi) is 3.35. The van der Waals surface area contributed by atoms with Crippen molar-refractivity contribution in [1.29, 1.82) is 0 Å². The molecule has 94 valence electrons. The first-order chi connectivity index (χ1) is 7.98. The van der Waals surface area contributed by atoms with Gasteiger partial charge in [0.2, 0.25) is 0 Å². The number of halogens is 1. The van der Waals surface area contributed by atoms with Gasteiger partial charge in [0.15, 0.2) is 5.79 Å². The van der Waals surface area contributed by atoms with Gasteiger partial charge in [-0.15, -0.1) is 0 Å². The highest BCUT2D eigenvalue weighted by Crippen LogP contribution is 2.23. The van der Waals surface area contributed by atoms with E-state index >= 15 is 0 Å². The maximum Gasteiger partial charge on any atom is 0.162 e. The van der Waals surface area contributed by atoms with Crippen molar-refractivity contribution in [2.24, 2.45) is 0 Å². The van der Waals surface area contributed by atoms with Crippen LogP contribution in [0.15, 0.2) is 18.2 Å². The van der Waals surface area contributed by atoms with E-state index in [2.05, 4.69) is 5.32 Å². The molecule has 0 spiro atoms. The standard InChI is InChI=1S/C13H18FNO2/c1-9-5-4-6-11(14)12(9)15-10-7-16-13(2,3)17-8-10/h4-6,10,15H,7-8H2,1-3H3. The van der Waals surface area contributed by atoms with E-state index in [0.717, 1.165) is 5.56 Å². The SMILES string of the molecule is Cc1cccc(F)c1NC1COC(C)(C)OC1. The van der Waals surface area contributed by atoms with E-state index in [0.29, 0.717) is 18.9 Å². The smallest absolute Gasteiger partial charge is 0.162 e. The Hall–Kier alpha value is -1.13. The number of hydrogen-bond donors (Lipinski definition) is 1. The zero-order valence-corrected chi connectivity index (χ0v) is 10.4. The third-order valence-corrected chi connectivity index (χ3v) is 2.83. The fraction of sp³-hybridized carbons (Fsp3) is 0.538. The van der Waals surface area contributed by atoms with Crippen LogP contribution in [0.4, 0.5) is 10.1 Å². The minimum atomic E-state index is -0.539. The minimum Gasteiger partial charge on any atom is -0.375 e. The molecule has 4 heteroatoms. The van der Waals surface area contributed by atoms with Gasteiger partial charge in [0.1, 0.15) is 5.82 Å². The molecule has 2 rings (SSSR count). The highest BCUT2D eigenvalue weighted by atomic mass is 19.1. The molecule has 1 aromatic carbocycles. The Bertz CT molecular complexity index is 376. The van der Waals surface area contributed by atoms with Gasteiger partial charge < -0.3 is 14.8 Å². The number of rotatable bonds is 2. The van der Waals surface area contributed by atoms with E-state index in [1.54, 1.807) is 6.07 Å². The minimum absolute atomic E-state index is 0.0152. The zero-order valence-electron chi connectivity index (χ0n) is 10.4. The zero-order chi connectivity index (χ0) is 12.5. The lowest BCUT2D eigenvalue weighted by Gasteiger charge is -2.35. The molecule has 1 heterocycles. The number of ether oxygens (including phenoxy) is 2. The molecule has 3 nitrogen and oxygen atoms in total. The number of nitrogens with one attached hydrogen (secondary N) is 1. The normalized spacial score (nSPS) is 20.2. The molecule has 0 aliphatic carbocycles. The molecule has 1 saturated heterocycles. The number of para-hydroxylation sites is 1. The molecule has 0 aromatic heterocycles. The molecule has 1 aliphatic rings. The first kappa shape index (κ1) is 12.3. The van der Waals surface area contributed by atoms with E-state index in [1.165, 1.54) is 6.07 Å². The second kappa shape index (κ2) is 4.63. The van der Waals surface area contributed by atoms with Gasteiger partial charge in [-0.25, -0.2) is 4.39 Å². The predicted molar refractivity (Wildman–Crippen MR) is 64.5 cm³/mol. The van der Waals surface area contributed by atoms with E-state index in [4.69, 9.17) is 9.47 Å². The Labute approximate surface area is 101 Å². The number of hydrogen-bond acceptors (Lipinski definition) is 3. The quantitative estimate of drug-likeness (QED) is 0.860. The van der Waals surface area contributed by atoms with Crippen LogP contribution in [-0.4, -0.2) is 25.0 Å². The molecular formula is C13H18FNO2.